The monoisotopic (exact) mass is 421 g/mol. The molecule has 0 heterocycles. The fraction of sp³-hybridized carbons (Fsp3) is 0.259. The summed E-state index contributed by atoms with van der Waals surface area (Å²) >= 11 is 0. The van der Waals surface area contributed by atoms with E-state index in [9.17, 15) is 8.78 Å². The third-order valence-corrected chi connectivity index (χ3v) is 5.59. The maximum Gasteiger partial charge on any atom is 0.146 e. The fourth-order valence-electron chi connectivity index (χ4n) is 3.64. The maximum atomic E-state index is 14.2. The van der Waals surface area contributed by atoms with Crippen molar-refractivity contribution in [2.24, 2.45) is 0 Å². The first-order valence-electron chi connectivity index (χ1n) is 10.6. The van der Waals surface area contributed by atoms with E-state index in [1.54, 1.807) is 12.1 Å². The minimum atomic E-state index is -0.335. The van der Waals surface area contributed by atoms with E-state index in [0.29, 0.717) is 18.0 Å². The second-order valence-corrected chi connectivity index (χ2v) is 7.88. The van der Waals surface area contributed by atoms with Gasteiger partial charge in [0, 0.05) is 11.1 Å². The molecule has 3 aromatic carbocycles. The molecule has 0 radical (unpaired) electrons. The number of ether oxygens (including phenoxy) is 1. The van der Waals surface area contributed by atoms with Gasteiger partial charge in [0.25, 0.3) is 0 Å². The molecule has 0 saturated heterocycles. The number of halogens is 2. The number of hydrogen-bond acceptors (Lipinski definition) is 2. The first-order chi connectivity index (χ1) is 14.9. The third-order valence-electron chi connectivity index (χ3n) is 5.59. The van der Waals surface area contributed by atoms with E-state index in [1.165, 1.54) is 23.8 Å². The van der Waals surface area contributed by atoms with Crippen LogP contribution in [0.25, 0.3) is 0 Å². The highest BCUT2D eigenvalue weighted by molar-refractivity contribution is 5.60. The van der Waals surface area contributed by atoms with Crippen LogP contribution in [0.15, 0.2) is 79.4 Å². The van der Waals surface area contributed by atoms with Gasteiger partial charge in [0.05, 0.1) is 12.3 Å². The highest BCUT2D eigenvalue weighted by atomic mass is 19.1. The van der Waals surface area contributed by atoms with Crippen LogP contribution < -0.4 is 10.1 Å². The van der Waals surface area contributed by atoms with Crippen LogP contribution in [0.4, 0.5) is 20.2 Å². The normalized spacial score (nSPS) is 12.8. The molecule has 162 valence electrons. The SMILES string of the molecule is C=CC(C)(CCCc1ccc(F)c(Nc2ccc(F)cc2)c1)c1ccc(OCC)cc1. The first kappa shape index (κ1) is 22.5. The predicted molar refractivity (Wildman–Crippen MR) is 124 cm³/mol. The zero-order valence-electron chi connectivity index (χ0n) is 18.1. The summed E-state index contributed by atoms with van der Waals surface area (Å²) in [6, 6.07) is 19.2. The van der Waals surface area contributed by atoms with Gasteiger partial charge in [-0.15, -0.1) is 6.58 Å². The van der Waals surface area contributed by atoms with Crippen LogP contribution in [-0.2, 0) is 11.8 Å². The van der Waals surface area contributed by atoms with Gasteiger partial charge in [-0.05, 0) is 85.8 Å². The molecule has 2 nitrogen and oxygen atoms in total. The molecule has 0 bridgehead atoms. The van der Waals surface area contributed by atoms with E-state index >= 15 is 0 Å². The smallest absolute Gasteiger partial charge is 0.146 e. The molecular weight excluding hydrogens is 392 g/mol. The summed E-state index contributed by atoms with van der Waals surface area (Å²) in [5.41, 5.74) is 3.13. The van der Waals surface area contributed by atoms with Crippen LogP contribution in [0.1, 0.15) is 37.8 Å². The standard InChI is InChI=1S/C27H29F2NO/c1-4-27(3,21-9-15-24(16-10-21)31-5-2)18-6-7-20-8-17-25(29)26(19-20)30-23-13-11-22(28)12-14-23/h4,8-17,19,30H,1,5-7,18H2,2-3H3. The van der Waals surface area contributed by atoms with Gasteiger partial charge in [-0.2, -0.15) is 0 Å². The van der Waals surface area contributed by atoms with Crippen LogP contribution in [-0.4, -0.2) is 6.61 Å². The molecular formula is C27H29F2NO. The number of nitrogens with one attached hydrogen (secondary N) is 1. The lowest BCUT2D eigenvalue weighted by Gasteiger charge is -2.27. The number of benzene rings is 3. The van der Waals surface area contributed by atoms with Gasteiger partial charge in [-0.1, -0.05) is 31.2 Å². The Balaban J connectivity index is 1.64. The molecule has 31 heavy (non-hydrogen) atoms. The molecule has 0 spiro atoms. The van der Waals surface area contributed by atoms with Gasteiger partial charge in [-0.25, -0.2) is 8.78 Å². The summed E-state index contributed by atoms with van der Waals surface area (Å²) in [5.74, 6) is 0.209. The number of allylic oxidation sites excluding steroid dienone is 1. The van der Waals surface area contributed by atoms with E-state index < -0.39 is 0 Å². The highest BCUT2D eigenvalue weighted by Crippen LogP contribution is 2.32. The van der Waals surface area contributed by atoms with Crippen LogP contribution in [0.3, 0.4) is 0 Å². The lowest BCUT2D eigenvalue weighted by atomic mass is 9.78. The number of anilines is 2. The summed E-state index contributed by atoms with van der Waals surface area (Å²) in [7, 11) is 0. The second kappa shape index (κ2) is 10.3. The Bertz CT molecular complexity index is 999. The van der Waals surface area contributed by atoms with E-state index in [-0.39, 0.29) is 17.0 Å². The van der Waals surface area contributed by atoms with Crippen molar-refractivity contribution in [3.05, 3.63) is 102 Å². The predicted octanol–water partition coefficient (Wildman–Crippen LogP) is 7.57. The van der Waals surface area contributed by atoms with Crippen molar-refractivity contribution in [2.75, 3.05) is 11.9 Å². The Morgan fingerprint density at radius 1 is 1.00 bits per heavy atom. The van der Waals surface area contributed by atoms with Crippen LogP contribution in [0, 0.1) is 11.6 Å². The van der Waals surface area contributed by atoms with Crippen LogP contribution in [0.2, 0.25) is 0 Å². The molecule has 4 heteroatoms. The van der Waals surface area contributed by atoms with Crippen LogP contribution >= 0.6 is 0 Å². The van der Waals surface area contributed by atoms with Gasteiger partial charge in [0.1, 0.15) is 17.4 Å². The average molecular weight is 422 g/mol. The van der Waals surface area contributed by atoms with Crippen molar-refractivity contribution < 1.29 is 13.5 Å². The summed E-state index contributed by atoms with van der Waals surface area (Å²) in [6.45, 7) is 8.85. The molecule has 1 atom stereocenters. The maximum absolute atomic E-state index is 14.2. The van der Waals surface area contributed by atoms with Crippen molar-refractivity contribution in [3.8, 4) is 5.75 Å². The quantitative estimate of drug-likeness (QED) is 0.341. The molecule has 3 rings (SSSR count). The minimum absolute atomic E-state index is 0.153. The third kappa shape index (κ3) is 5.94. The zero-order valence-corrected chi connectivity index (χ0v) is 18.1. The number of hydrogen-bond donors (Lipinski definition) is 1. The van der Waals surface area contributed by atoms with E-state index in [2.05, 4.69) is 31.0 Å². The minimum Gasteiger partial charge on any atom is -0.494 e. The van der Waals surface area contributed by atoms with Gasteiger partial charge in [0.2, 0.25) is 0 Å². The van der Waals surface area contributed by atoms with Gasteiger partial charge in [0.15, 0.2) is 0 Å². The van der Waals surface area contributed by atoms with Gasteiger partial charge < -0.3 is 10.1 Å². The summed E-state index contributed by atoms with van der Waals surface area (Å²) < 4.78 is 32.9. The van der Waals surface area contributed by atoms with Crippen LogP contribution in [0.5, 0.6) is 5.75 Å². The molecule has 3 aromatic rings. The highest BCUT2D eigenvalue weighted by Gasteiger charge is 2.22. The molecule has 1 N–H and O–H groups in total. The van der Waals surface area contributed by atoms with Crippen molar-refractivity contribution in [1.29, 1.82) is 0 Å². The Morgan fingerprint density at radius 2 is 1.71 bits per heavy atom. The largest absolute Gasteiger partial charge is 0.494 e. The molecule has 0 aliphatic carbocycles. The van der Waals surface area contributed by atoms with Crippen molar-refractivity contribution in [1.82, 2.24) is 0 Å². The second-order valence-electron chi connectivity index (χ2n) is 7.88. The number of rotatable bonds is 10. The Kier molecular flexibility index (Phi) is 7.45. The van der Waals surface area contributed by atoms with Gasteiger partial charge in [-0.3, -0.25) is 0 Å². The lowest BCUT2D eigenvalue weighted by Crippen LogP contribution is -2.18. The molecule has 0 aromatic heterocycles. The van der Waals surface area contributed by atoms with E-state index in [4.69, 9.17) is 4.74 Å². The molecule has 1 unspecified atom stereocenters. The topological polar surface area (TPSA) is 21.3 Å². The molecule has 0 aliphatic rings. The first-order valence-corrected chi connectivity index (χ1v) is 10.6. The fourth-order valence-corrected chi connectivity index (χ4v) is 3.64. The average Bonchev–Trinajstić information content (AvgIpc) is 2.78. The Labute approximate surface area is 183 Å². The van der Waals surface area contributed by atoms with Crippen molar-refractivity contribution >= 4 is 11.4 Å². The van der Waals surface area contributed by atoms with E-state index in [1.807, 2.05) is 37.3 Å². The van der Waals surface area contributed by atoms with Crippen molar-refractivity contribution in [3.63, 3.8) is 0 Å². The van der Waals surface area contributed by atoms with Gasteiger partial charge >= 0.3 is 0 Å². The Morgan fingerprint density at radius 3 is 2.35 bits per heavy atom. The molecule has 0 saturated carbocycles. The summed E-state index contributed by atoms with van der Waals surface area (Å²) in [6.07, 6.45) is 4.66. The Hall–Kier alpha value is -3.14. The molecule has 0 amide bonds. The molecule has 0 fully saturated rings. The van der Waals surface area contributed by atoms with Crippen molar-refractivity contribution in [2.45, 2.75) is 38.5 Å². The van der Waals surface area contributed by atoms with E-state index in [0.717, 1.165) is 30.6 Å². The number of aryl methyl sites for hydroxylation is 1. The summed E-state index contributed by atoms with van der Waals surface area (Å²) in [4.78, 5) is 0. The summed E-state index contributed by atoms with van der Waals surface area (Å²) in [5, 5.41) is 3.03. The molecule has 0 aliphatic heterocycles. The zero-order chi connectivity index (χ0) is 22.3. The lowest BCUT2D eigenvalue weighted by molar-refractivity contribution is 0.340.